The predicted octanol–water partition coefficient (Wildman–Crippen LogP) is 4.02. The number of rotatable bonds is 1. The van der Waals surface area contributed by atoms with E-state index in [0.717, 1.165) is 31.5 Å². The van der Waals surface area contributed by atoms with Crippen LogP contribution in [0.1, 0.15) is 49.5 Å². The number of amides is 1. The van der Waals surface area contributed by atoms with Crippen molar-refractivity contribution in [2.24, 2.45) is 11.8 Å². The Morgan fingerprint density at radius 2 is 1.52 bits per heavy atom. The third-order valence-corrected chi connectivity index (χ3v) is 4.91. The van der Waals surface area contributed by atoms with Crippen molar-refractivity contribution in [1.29, 1.82) is 0 Å². The summed E-state index contributed by atoms with van der Waals surface area (Å²) in [6.45, 7) is 8.44. The summed E-state index contributed by atoms with van der Waals surface area (Å²) in [6.07, 6.45) is 6.81. The van der Waals surface area contributed by atoms with Gasteiger partial charge in [0.25, 0.3) is 5.91 Å². The summed E-state index contributed by atoms with van der Waals surface area (Å²) < 4.78 is 0. The molecule has 2 nitrogen and oxygen atoms in total. The van der Waals surface area contributed by atoms with Crippen LogP contribution in [0.15, 0.2) is 36.4 Å². The van der Waals surface area contributed by atoms with Gasteiger partial charge in [0.2, 0.25) is 0 Å². The zero-order valence-corrected chi connectivity index (χ0v) is 13.3. The lowest BCUT2D eigenvalue weighted by atomic mass is 9.86. The fourth-order valence-electron chi connectivity index (χ4n) is 3.48. The van der Waals surface area contributed by atoms with Gasteiger partial charge in [0.1, 0.15) is 0 Å². The molecule has 1 heterocycles. The first-order chi connectivity index (χ1) is 9.95. The van der Waals surface area contributed by atoms with Gasteiger partial charge in [-0.2, -0.15) is 0 Å². The maximum atomic E-state index is 12.7. The Kier molecular flexibility index (Phi) is 3.64. The molecule has 1 fully saturated rings. The van der Waals surface area contributed by atoms with E-state index in [1.807, 2.05) is 12.1 Å². The summed E-state index contributed by atoms with van der Waals surface area (Å²) in [5.74, 6) is 1.55. The van der Waals surface area contributed by atoms with Crippen molar-refractivity contribution in [3.05, 3.63) is 47.5 Å². The van der Waals surface area contributed by atoms with Crippen molar-refractivity contribution in [2.75, 3.05) is 13.1 Å². The average Bonchev–Trinajstić information content (AvgIpc) is 2.89. The molecule has 0 N–H and O–H groups in total. The highest BCUT2D eigenvalue weighted by molar-refractivity contribution is 5.94. The fraction of sp³-hybridized carbons (Fsp3) is 0.526. The lowest BCUT2D eigenvalue weighted by Gasteiger charge is -2.20. The largest absolute Gasteiger partial charge is 0.338 e. The summed E-state index contributed by atoms with van der Waals surface area (Å²) in [5.41, 5.74) is 2.24. The quantitative estimate of drug-likeness (QED) is 0.713. The van der Waals surface area contributed by atoms with Crippen molar-refractivity contribution in [3.63, 3.8) is 0 Å². The monoisotopic (exact) mass is 283 g/mol. The van der Waals surface area contributed by atoms with Crippen LogP contribution in [0.5, 0.6) is 0 Å². The highest BCUT2D eigenvalue weighted by Crippen LogP contribution is 2.33. The number of nitrogens with zero attached hydrogens (tertiary/aromatic N) is 1. The number of hydrogen-bond donors (Lipinski definition) is 0. The summed E-state index contributed by atoms with van der Waals surface area (Å²) in [7, 11) is 0. The van der Waals surface area contributed by atoms with Gasteiger partial charge in [0.15, 0.2) is 0 Å². The van der Waals surface area contributed by atoms with Gasteiger partial charge in [-0.3, -0.25) is 4.79 Å². The Hall–Kier alpha value is -1.57. The van der Waals surface area contributed by atoms with Crippen LogP contribution in [-0.4, -0.2) is 23.9 Å². The predicted molar refractivity (Wildman–Crippen MR) is 86.4 cm³/mol. The zero-order valence-electron chi connectivity index (χ0n) is 13.3. The van der Waals surface area contributed by atoms with Gasteiger partial charge < -0.3 is 4.90 Å². The van der Waals surface area contributed by atoms with Crippen molar-refractivity contribution in [1.82, 2.24) is 4.90 Å². The molecule has 1 aromatic carbocycles. The van der Waals surface area contributed by atoms with E-state index in [9.17, 15) is 4.79 Å². The van der Waals surface area contributed by atoms with Crippen LogP contribution in [0.2, 0.25) is 0 Å². The minimum Gasteiger partial charge on any atom is -0.338 e. The summed E-state index contributed by atoms with van der Waals surface area (Å²) in [6, 6.07) is 8.17. The van der Waals surface area contributed by atoms with Crippen LogP contribution in [0.3, 0.4) is 0 Å². The van der Waals surface area contributed by atoms with Crippen LogP contribution < -0.4 is 0 Å². The minimum atomic E-state index is 0.135. The summed E-state index contributed by atoms with van der Waals surface area (Å²) in [5, 5.41) is 0. The van der Waals surface area contributed by atoms with Gasteiger partial charge in [-0.1, -0.05) is 45.1 Å². The van der Waals surface area contributed by atoms with Crippen molar-refractivity contribution < 1.29 is 4.79 Å². The Labute approximate surface area is 127 Å². The normalized spacial score (nSPS) is 25.0. The number of hydrogen-bond acceptors (Lipinski definition) is 1. The van der Waals surface area contributed by atoms with E-state index in [-0.39, 0.29) is 11.3 Å². The molecule has 21 heavy (non-hydrogen) atoms. The first kappa shape index (κ1) is 14.4. The standard InChI is InChI=1S/C19H25NO/c1-19(2,3)17-10-8-14(9-11-17)18(21)20-12-15-6-4-5-7-16(15)13-20/h4-5,8-11,15-16H,6-7,12-13H2,1-3H3. The van der Waals surface area contributed by atoms with E-state index in [0.29, 0.717) is 11.8 Å². The van der Waals surface area contributed by atoms with E-state index >= 15 is 0 Å². The van der Waals surface area contributed by atoms with Gasteiger partial charge in [0.05, 0.1) is 0 Å². The Morgan fingerprint density at radius 3 is 2.00 bits per heavy atom. The van der Waals surface area contributed by atoms with Gasteiger partial charge in [0, 0.05) is 18.7 Å². The molecule has 0 aromatic heterocycles. The molecule has 1 amide bonds. The van der Waals surface area contributed by atoms with Gasteiger partial charge >= 0.3 is 0 Å². The van der Waals surface area contributed by atoms with Gasteiger partial charge in [-0.15, -0.1) is 0 Å². The second-order valence-corrected chi connectivity index (χ2v) is 7.50. The molecular formula is C19H25NO. The lowest BCUT2D eigenvalue weighted by molar-refractivity contribution is 0.0784. The first-order valence-corrected chi connectivity index (χ1v) is 8.00. The molecule has 2 atom stereocenters. The average molecular weight is 283 g/mol. The lowest BCUT2D eigenvalue weighted by Crippen LogP contribution is -2.29. The van der Waals surface area contributed by atoms with E-state index in [1.165, 1.54) is 5.56 Å². The molecule has 2 unspecified atom stereocenters. The maximum absolute atomic E-state index is 12.7. The van der Waals surface area contributed by atoms with E-state index in [2.05, 4.69) is 50.0 Å². The van der Waals surface area contributed by atoms with Crippen LogP contribution in [0.25, 0.3) is 0 Å². The SMILES string of the molecule is CC(C)(C)c1ccc(C(=O)N2CC3CC=CCC3C2)cc1. The number of carbonyl (C=O) groups is 1. The highest BCUT2D eigenvalue weighted by atomic mass is 16.2. The molecule has 2 aliphatic rings. The van der Waals surface area contributed by atoms with Crippen molar-refractivity contribution in [2.45, 2.75) is 39.0 Å². The van der Waals surface area contributed by atoms with E-state index in [4.69, 9.17) is 0 Å². The summed E-state index contributed by atoms with van der Waals surface area (Å²) >= 11 is 0. The fourth-order valence-corrected chi connectivity index (χ4v) is 3.48. The molecule has 0 spiro atoms. The van der Waals surface area contributed by atoms with Crippen LogP contribution in [0, 0.1) is 11.8 Å². The minimum absolute atomic E-state index is 0.135. The number of benzene rings is 1. The van der Waals surface area contributed by atoms with Gasteiger partial charge in [-0.05, 0) is 47.8 Å². The summed E-state index contributed by atoms with van der Waals surface area (Å²) in [4.78, 5) is 14.7. The number of likely N-dealkylation sites (tertiary alicyclic amines) is 1. The number of fused-ring (bicyclic) bond motifs is 1. The van der Waals surface area contributed by atoms with Crippen molar-refractivity contribution >= 4 is 5.91 Å². The van der Waals surface area contributed by atoms with Crippen molar-refractivity contribution in [3.8, 4) is 0 Å². The Morgan fingerprint density at radius 1 is 1.00 bits per heavy atom. The molecule has 0 saturated carbocycles. The Bertz CT molecular complexity index is 534. The second kappa shape index (κ2) is 5.32. The van der Waals surface area contributed by atoms with Gasteiger partial charge in [-0.25, -0.2) is 0 Å². The smallest absolute Gasteiger partial charge is 0.253 e. The molecule has 3 rings (SSSR count). The Balaban J connectivity index is 1.71. The third-order valence-electron chi connectivity index (χ3n) is 4.91. The number of allylic oxidation sites excluding steroid dienone is 2. The van der Waals surface area contributed by atoms with E-state index in [1.54, 1.807) is 0 Å². The molecule has 1 saturated heterocycles. The molecule has 0 bridgehead atoms. The zero-order chi connectivity index (χ0) is 15.0. The van der Waals surface area contributed by atoms with Crippen LogP contribution in [-0.2, 0) is 5.41 Å². The molecule has 1 aromatic rings. The van der Waals surface area contributed by atoms with E-state index < -0.39 is 0 Å². The topological polar surface area (TPSA) is 20.3 Å². The second-order valence-electron chi connectivity index (χ2n) is 7.50. The van der Waals surface area contributed by atoms with Crippen LogP contribution in [0.4, 0.5) is 0 Å². The third kappa shape index (κ3) is 2.90. The molecular weight excluding hydrogens is 258 g/mol. The number of carbonyl (C=O) groups excluding carboxylic acids is 1. The highest BCUT2D eigenvalue weighted by Gasteiger charge is 2.35. The molecule has 0 radical (unpaired) electrons. The molecule has 112 valence electrons. The molecule has 1 aliphatic carbocycles. The molecule has 2 heteroatoms. The maximum Gasteiger partial charge on any atom is 0.253 e. The molecule has 1 aliphatic heterocycles. The van der Waals surface area contributed by atoms with Crippen LogP contribution >= 0.6 is 0 Å². The first-order valence-electron chi connectivity index (χ1n) is 8.00.